The Morgan fingerprint density at radius 2 is 1.87 bits per heavy atom. The first-order chi connectivity index (χ1) is 7.30. The van der Waals surface area contributed by atoms with Gasteiger partial charge < -0.3 is 9.47 Å². The van der Waals surface area contributed by atoms with E-state index < -0.39 is 5.79 Å². The highest BCUT2D eigenvalue weighted by atomic mass is 16.7. The van der Waals surface area contributed by atoms with Crippen LogP contribution in [-0.4, -0.2) is 19.5 Å². The van der Waals surface area contributed by atoms with Crippen LogP contribution in [0.5, 0.6) is 0 Å². The second-order valence-electron chi connectivity index (χ2n) is 3.54. The van der Waals surface area contributed by atoms with Crippen LogP contribution in [-0.2, 0) is 15.3 Å². The Kier molecular flexibility index (Phi) is 2.84. The van der Waals surface area contributed by atoms with Crippen LogP contribution in [0.3, 0.4) is 0 Å². The molecule has 1 fully saturated rings. The zero-order valence-electron chi connectivity index (χ0n) is 8.73. The summed E-state index contributed by atoms with van der Waals surface area (Å²) in [4.78, 5) is 10.5. The molecule has 2 rings (SSSR count). The minimum atomic E-state index is -0.596. The van der Waals surface area contributed by atoms with Crippen molar-refractivity contribution in [1.29, 1.82) is 0 Å². The highest BCUT2D eigenvalue weighted by Gasteiger charge is 2.36. The molecule has 80 valence electrons. The van der Waals surface area contributed by atoms with E-state index in [9.17, 15) is 4.79 Å². The highest BCUT2D eigenvalue weighted by molar-refractivity contribution is 5.74. The second-order valence-corrected chi connectivity index (χ2v) is 3.54. The minimum Gasteiger partial charge on any atom is -0.343 e. The van der Waals surface area contributed by atoms with Crippen LogP contribution in [0.1, 0.15) is 29.3 Å². The zero-order valence-corrected chi connectivity index (χ0v) is 8.73. The summed E-state index contributed by atoms with van der Waals surface area (Å²) in [7, 11) is 0. The third-order valence-corrected chi connectivity index (χ3v) is 2.71. The largest absolute Gasteiger partial charge is 0.343 e. The molecular weight excluding hydrogens is 192 g/mol. The van der Waals surface area contributed by atoms with E-state index in [0.29, 0.717) is 18.8 Å². The van der Waals surface area contributed by atoms with Crippen LogP contribution in [0.4, 0.5) is 0 Å². The highest BCUT2D eigenvalue weighted by Crippen LogP contribution is 2.34. The van der Waals surface area contributed by atoms with Gasteiger partial charge in [-0.3, -0.25) is 4.79 Å². The van der Waals surface area contributed by atoms with Crippen molar-refractivity contribution in [1.82, 2.24) is 0 Å². The molecule has 3 heteroatoms. The van der Waals surface area contributed by atoms with E-state index in [4.69, 9.17) is 9.47 Å². The molecule has 1 aromatic rings. The van der Waals surface area contributed by atoms with Crippen molar-refractivity contribution in [2.45, 2.75) is 19.1 Å². The first kappa shape index (κ1) is 10.3. The van der Waals surface area contributed by atoms with Gasteiger partial charge in [0.2, 0.25) is 0 Å². The molecule has 1 aromatic carbocycles. The monoisotopic (exact) mass is 206 g/mol. The van der Waals surface area contributed by atoms with Gasteiger partial charge in [0.05, 0.1) is 13.2 Å². The first-order valence-corrected chi connectivity index (χ1v) is 5.14. The van der Waals surface area contributed by atoms with Gasteiger partial charge in [-0.25, -0.2) is 0 Å². The first-order valence-electron chi connectivity index (χ1n) is 5.14. The predicted molar refractivity (Wildman–Crippen MR) is 55.7 cm³/mol. The molecule has 1 heterocycles. The molecule has 0 amide bonds. The summed E-state index contributed by atoms with van der Waals surface area (Å²) in [6, 6.07) is 7.34. The van der Waals surface area contributed by atoms with Gasteiger partial charge in [0.25, 0.3) is 0 Å². The molecule has 0 unspecified atom stereocenters. The fraction of sp³-hybridized carbons (Fsp3) is 0.417. The number of rotatable bonds is 3. The average Bonchev–Trinajstić information content (AvgIpc) is 2.79. The van der Waals surface area contributed by atoms with Crippen molar-refractivity contribution in [3.63, 3.8) is 0 Å². The number of hydrogen-bond acceptors (Lipinski definition) is 3. The van der Waals surface area contributed by atoms with Crippen LogP contribution in [0, 0.1) is 0 Å². The summed E-state index contributed by atoms with van der Waals surface area (Å²) in [6.07, 6.45) is 1.60. The van der Waals surface area contributed by atoms with Crippen LogP contribution in [0.25, 0.3) is 0 Å². The number of hydrogen-bond donors (Lipinski definition) is 0. The van der Waals surface area contributed by atoms with Crippen molar-refractivity contribution >= 4 is 6.29 Å². The van der Waals surface area contributed by atoms with E-state index in [1.54, 1.807) is 12.1 Å². The molecule has 1 saturated heterocycles. The van der Waals surface area contributed by atoms with Crippen molar-refractivity contribution in [3.8, 4) is 0 Å². The molecule has 0 aromatic heterocycles. The van der Waals surface area contributed by atoms with Crippen LogP contribution < -0.4 is 0 Å². The van der Waals surface area contributed by atoms with E-state index in [1.165, 1.54) is 0 Å². The fourth-order valence-corrected chi connectivity index (χ4v) is 1.85. The molecule has 0 N–H and O–H groups in total. The second kappa shape index (κ2) is 4.13. The normalized spacial score (nSPS) is 19.0. The number of carbonyl (C=O) groups excluding carboxylic acids is 1. The maximum Gasteiger partial charge on any atom is 0.194 e. The topological polar surface area (TPSA) is 35.5 Å². The SMILES string of the molecule is CCC1(c2ccc(C=O)cc2)OCCO1. The summed E-state index contributed by atoms with van der Waals surface area (Å²) >= 11 is 0. The molecule has 0 aliphatic carbocycles. The van der Waals surface area contributed by atoms with Crippen molar-refractivity contribution in [2.24, 2.45) is 0 Å². The van der Waals surface area contributed by atoms with Gasteiger partial charge in [-0.2, -0.15) is 0 Å². The summed E-state index contributed by atoms with van der Waals surface area (Å²) in [5.74, 6) is -0.596. The van der Waals surface area contributed by atoms with Crippen molar-refractivity contribution in [3.05, 3.63) is 35.4 Å². The maximum absolute atomic E-state index is 10.5. The van der Waals surface area contributed by atoms with Crippen molar-refractivity contribution in [2.75, 3.05) is 13.2 Å². The quantitative estimate of drug-likeness (QED) is 0.710. The lowest BCUT2D eigenvalue weighted by molar-refractivity contribution is -0.167. The van der Waals surface area contributed by atoms with E-state index in [0.717, 1.165) is 18.3 Å². The number of carbonyl (C=O) groups is 1. The molecule has 15 heavy (non-hydrogen) atoms. The minimum absolute atomic E-state index is 0.596. The van der Waals surface area contributed by atoms with Crippen LogP contribution >= 0.6 is 0 Å². The Bertz CT molecular complexity index is 336. The van der Waals surface area contributed by atoms with E-state index in [-0.39, 0.29) is 0 Å². The smallest absolute Gasteiger partial charge is 0.194 e. The molecule has 1 aliphatic heterocycles. The zero-order chi connectivity index (χ0) is 10.7. The number of ether oxygens (including phenoxy) is 2. The lowest BCUT2D eigenvalue weighted by Crippen LogP contribution is -2.25. The molecule has 0 radical (unpaired) electrons. The average molecular weight is 206 g/mol. The third-order valence-electron chi connectivity index (χ3n) is 2.71. The fourth-order valence-electron chi connectivity index (χ4n) is 1.85. The van der Waals surface area contributed by atoms with Gasteiger partial charge >= 0.3 is 0 Å². The van der Waals surface area contributed by atoms with Gasteiger partial charge in [-0.05, 0) is 0 Å². The van der Waals surface area contributed by atoms with E-state index in [2.05, 4.69) is 0 Å². The molecule has 0 spiro atoms. The summed E-state index contributed by atoms with van der Waals surface area (Å²) in [5.41, 5.74) is 1.65. The Hall–Kier alpha value is -1.19. The molecular formula is C12H14O3. The van der Waals surface area contributed by atoms with Gasteiger partial charge in [-0.1, -0.05) is 31.2 Å². The lowest BCUT2D eigenvalue weighted by Gasteiger charge is -2.26. The predicted octanol–water partition coefficient (Wildman–Crippen LogP) is 2.11. The Morgan fingerprint density at radius 1 is 1.27 bits per heavy atom. The van der Waals surface area contributed by atoms with Gasteiger partial charge in [0, 0.05) is 17.5 Å². The maximum atomic E-state index is 10.5. The molecule has 0 atom stereocenters. The van der Waals surface area contributed by atoms with Gasteiger partial charge in [0.15, 0.2) is 5.79 Å². The molecule has 1 aliphatic rings. The lowest BCUT2D eigenvalue weighted by atomic mass is 10.0. The number of aldehydes is 1. The summed E-state index contributed by atoms with van der Waals surface area (Å²) < 4.78 is 11.3. The number of benzene rings is 1. The van der Waals surface area contributed by atoms with E-state index in [1.807, 2.05) is 19.1 Å². The Labute approximate surface area is 89.0 Å². The van der Waals surface area contributed by atoms with Gasteiger partial charge in [-0.15, -0.1) is 0 Å². The van der Waals surface area contributed by atoms with Crippen LogP contribution in [0.2, 0.25) is 0 Å². The van der Waals surface area contributed by atoms with Crippen molar-refractivity contribution < 1.29 is 14.3 Å². The third kappa shape index (κ3) is 1.80. The van der Waals surface area contributed by atoms with Gasteiger partial charge in [0.1, 0.15) is 6.29 Å². The Balaban J connectivity index is 2.30. The molecule has 3 nitrogen and oxygen atoms in total. The van der Waals surface area contributed by atoms with E-state index >= 15 is 0 Å². The summed E-state index contributed by atoms with van der Waals surface area (Å²) in [5, 5.41) is 0. The molecule has 0 saturated carbocycles. The standard InChI is InChI=1S/C12H14O3/c1-2-12(14-7-8-15-12)11-5-3-10(9-13)4-6-11/h3-6,9H,2,7-8H2,1H3. The van der Waals surface area contributed by atoms with Crippen LogP contribution in [0.15, 0.2) is 24.3 Å². The molecule has 0 bridgehead atoms. The Morgan fingerprint density at radius 3 is 2.33 bits per heavy atom. The summed E-state index contributed by atoms with van der Waals surface area (Å²) in [6.45, 7) is 3.28.